The van der Waals surface area contributed by atoms with Gasteiger partial charge in [0.25, 0.3) is 5.91 Å². The van der Waals surface area contributed by atoms with Gasteiger partial charge in [0.15, 0.2) is 0 Å². The molecule has 1 unspecified atom stereocenters. The highest BCUT2D eigenvalue weighted by Gasteiger charge is 2.28. The number of carbonyl (C=O) groups excluding carboxylic acids is 1. The van der Waals surface area contributed by atoms with E-state index in [0.29, 0.717) is 17.4 Å². The molecule has 1 aromatic carbocycles. The van der Waals surface area contributed by atoms with E-state index < -0.39 is 0 Å². The van der Waals surface area contributed by atoms with E-state index in [0.717, 1.165) is 25.9 Å². The first-order chi connectivity index (χ1) is 10.7. The van der Waals surface area contributed by atoms with Gasteiger partial charge in [0.2, 0.25) is 5.88 Å². The highest BCUT2D eigenvalue weighted by Crippen LogP contribution is 2.28. The van der Waals surface area contributed by atoms with Crippen LogP contribution in [-0.4, -0.2) is 40.8 Å². The zero-order valence-electron chi connectivity index (χ0n) is 13.0. The average Bonchev–Trinajstić information content (AvgIpc) is 2.96. The molecule has 116 valence electrons. The number of carbonyl (C=O) groups is 1. The van der Waals surface area contributed by atoms with Crippen molar-refractivity contribution in [3.8, 4) is 5.88 Å². The number of nitrogens with zero attached hydrogens (tertiary/aromatic N) is 3. The first kappa shape index (κ1) is 14.6. The van der Waals surface area contributed by atoms with Crippen molar-refractivity contribution in [2.24, 2.45) is 7.05 Å². The number of hydrogen-bond donors (Lipinski definition) is 0. The molecule has 0 radical (unpaired) electrons. The van der Waals surface area contributed by atoms with Gasteiger partial charge in [0.1, 0.15) is 5.56 Å². The number of methoxy groups -OCH3 is 1. The fraction of sp³-hybridized carbons (Fsp3) is 0.412. The minimum absolute atomic E-state index is 0.00517. The van der Waals surface area contributed by atoms with Crippen LogP contribution in [0, 0.1) is 0 Å². The van der Waals surface area contributed by atoms with E-state index in [1.807, 2.05) is 11.0 Å². The Morgan fingerprint density at radius 2 is 2.09 bits per heavy atom. The number of aryl methyl sites for hydroxylation is 1. The monoisotopic (exact) mass is 299 g/mol. The molecule has 1 amide bonds. The number of amides is 1. The Balaban J connectivity index is 1.78. The van der Waals surface area contributed by atoms with Gasteiger partial charge in [0.05, 0.1) is 7.11 Å². The van der Waals surface area contributed by atoms with E-state index in [2.05, 4.69) is 29.4 Å². The number of piperidine rings is 1. The first-order valence-corrected chi connectivity index (χ1v) is 7.61. The summed E-state index contributed by atoms with van der Waals surface area (Å²) in [7, 11) is 3.34. The van der Waals surface area contributed by atoms with Crippen LogP contribution in [0.3, 0.4) is 0 Å². The topological polar surface area (TPSA) is 47.4 Å². The molecule has 3 rings (SSSR count). The molecule has 2 aromatic rings. The van der Waals surface area contributed by atoms with Crippen LogP contribution < -0.4 is 4.74 Å². The molecular formula is C17H21N3O2. The maximum absolute atomic E-state index is 12.8. The average molecular weight is 299 g/mol. The van der Waals surface area contributed by atoms with Gasteiger partial charge in [-0.15, -0.1) is 5.10 Å². The predicted octanol–water partition coefficient (Wildman–Crippen LogP) is 2.45. The minimum Gasteiger partial charge on any atom is -0.479 e. The maximum atomic E-state index is 12.8. The van der Waals surface area contributed by atoms with Crippen molar-refractivity contribution in [3.63, 3.8) is 0 Å². The lowest BCUT2D eigenvalue weighted by Crippen LogP contribution is -2.39. The maximum Gasteiger partial charge on any atom is 0.260 e. The van der Waals surface area contributed by atoms with Gasteiger partial charge in [-0.3, -0.25) is 9.48 Å². The molecule has 1 aliphatic heterocycles. The number of ether oxygens (including phenoxy) is 1. The smallest absolute Gasteiger partial charge is 0.260 e. The molecule has 22 heavy (non-hydrogen) atoms. The zero-order chi connectivity index (χ0) is 15.5. The van der Waals surface area contributed by atoms with Crippen LogP contribution in [-0.2, 0) is 7.05 Å². The van der Waals surface area contributed by atoms with Gasteiger partial charge < -0.3 is 9.64 Å². The lowest BCUT2D eigenvalue weighted by molar-refractivity contribution is 0.0703. The molecule has 1 atom stereocenters. The van der Waals surface area contributed by atoms with Crippen molar-refractivity contribution < 1.29 is 9.53 Å². The van der Waals surface area contributed by atoms with Gasteiger partial charge in [-0.05, 0) is 18.4 Å². The molecule has 0 aliphatic carbocycles. The minimum atomic E-state index is 0.00517. The summed E-state index contributed by atoms with van der Waals surface area (Å²) in [5.41, 5.74) is 1.84. The molecule has 1 aromatic heterocycles. The van der Waals surface area contributed by atoms with Gasteiger partial charge >= 0.3 is 0 Å². The fourth-order valence-corrected chi connectivity index (χ4v) is 3.09. The molecule has 5 heteroatoms. The molecule has 0 bridgehead atoms. The Labute approximate surface area is 130 Å². The third kappa shape index (κ3) is 2.84. The summed E-state index contributed by atoms with van der Waals surface area (Å²) in [6, 6.07) is 10.4. The molecule has 2 heterocycles. The van der Waals surface area contributed by atoms with E-state index in [1.165, 1.54) is 5.56 Å². The summed E-state index contributed by atoms with van der Waals surface area (Å²) in [4.78, 5) is 14.7. The predicted molar refractivity (Wildman–Crippen MR) is 84.1 cm³/mol. The number of aromatic nitrogens is 2. The highest BCUT2D eigenvalue weighted by atomic mass is 16.5. The molecule has 0 saturated carbocycles. The number of likely N-dealkylation sites (tertiary alicyclic amines) is 1. The van der Waals surface area contributed by atoms with Crippen LogP contribution in [0.4, 0.5) is 0 Å². The van der Waals surface area contributed by atoms with Crippen LogP contribution in [0.25, 0.3) is 0 Å². The van der Waals surface area contributed by atoms with Crippen LogP contribution in [0.5, 0.6) is 5.88 Å². The van der Waals surface area contributed by atoms with E-state index in [1.54, 1.807) is 25.0 Å². The van der Waals surface area contributed by atoms with Crippen molar-refractivity contribution in [2.45, 2.75) is 18.8 Å². The summed E-state index contributed by atoms with van der Waals surface area (Å²) >= 11 is 0. The van der Waals surface area contributed by atoms with Crippen molar-refractivity contribution in [2.75, 3.05) is 20.2 Å². The summed E-state index contributed by atoms with van der Waals surface area (Å²) < 4.78 is 6.83. The zero-order valence-corrected chi connectivity index (χ0v) is 13.0. The SMILES string of the molecule is COc1nn(C)cc1C(=O)N1CCCC(c2ccccc2)C1. The van der Waals surface area contributed by atoms with Crippen LogP contribution in [0.1, 0.15) is 34.7 Å². The van der Waals surface area contributed by atoms with Gasteiger partial charge in [-0.25, -0.2) is 0 Å². The third-order valence-corrected chi connectivity index (χ3v) is 4.20. The number of rotatable bonds is 3. The Morgan fingerprint density at radius 3 is 2.82 bits per heavy atom. The largest absolute Gasteiger partial charge is 0.479 e. The van der Waals surface area contributed by atoms with Crippen LogP contribution in [0.15, 0.2) is 36.5 Å². The van der Waals surface area contributed by atoms with Crippen molar-refractivity contribution in [1.82, 2.24) is 14.7 Å². The second-order valence-corrected chi connectivity index (χ2v) is 5.73. The second kappa shape index (κ2) is 6.22. The lowest BCUT2D eigenvalue weighted by atomic mass is 9.90. The van der Waals surface area contributed by atoms with E-state index in [4.69, 9.17) is 4.74 Å². The lowest BCUT2D eigenvalue weighted by Gasteiger charge is -2.33. The van der Waals surface area contributed by atoms with E-state index in [-0.39, 0.29) is 5.91 Å². The molecule has 0 N–H and O–H groups in total. The molecule has 5 nitrogen and oxygen atoms in total. The van der Waals surface area contributed by atoms with Gasteiger partial charge in [0, 0.05) is 32.3 Å². The van der Waals surface area contributed by atoms with Crippen LogP contribution >= 0.6 is 0 Å². The number of hydrogen-bond acceptors (Lipinski definition) is 3. The van der Waals surface area contributed by atoms with Gasteiger partial charge in [-0.2, -0.15) is 0 Å². The quantitative estimate of drug-likeness (QED) is 0.874. The molecular weight excluding hydrogens is 278 g/mol. The standard InChI is InChI=1S/C17H21N3O2/c1-19-12-15(16(18-19)22-2)17(21)20-10-6-9-14(11-20)13-7-4-3-5-8-13/h3-5,7-8,12,14H,6,9-11H2,1-2H3. The number of benzene rings is 1. The summed E-state index contributed by atoms with van der Waals surface area (Å²) in [6.45, 7) is 1.54. The van der Waals surface area contributed by atoms with E-state index in [9.17, 15) is 4.79 Å². The van der Waals surface area contributed by atoms with Crippen LogP contribution in [0.2, 0.25) is 0 Å². The summed E-state index contributed by atoms with van der Waals surface area (Å²) in [5.74, 6) is 0.807. The Morgan fingerprint density at radius 1 is 1.32 bits per heavy atom. The summed E-state index contributed by atoms with van der Waals surface area (Å²) in [5, 5.41) is 4.17. The molecule has 1 saturated heterocycles. The Bertz CT molecular complexity index is 651. The summed E-state index contributed by atoms with van der Waals surface area (Å²) in [6.07, 6.45) is 3.87. The normalized spacial score (nSPS) is 18.3. The fourth-order valence-electron chi connectivity index (χ4n) is 3.09. The molecule has 1 fully saturated rings. The Hall–Kier alpha value is -2.30. The third-order valence-electron chi connectivity index (χ3n) is 4.20. The molecule has 0 spiro atoms. The van der Waals surface area contributed by atoms with Gasteiger partial charge in [-0.1, -0.05) is 30.3 Å². The van der Waals surface area contributed by atoms with Crippen molar-refractivity contribution in [3.05, 3.63) is 47.7 Å². The van der Waals surface area contributed by atoms with Crippen molar-refractivity contribution in [1.29, 1.82) is 0 Å². The second-order valence-electron chi connectivity index (χ2n) is 5.73. The molecule has 1 aliphatic rings. The first-order valence-electron chi connectivity index (χ1n) is 7.61. The Kier molecular flexibility index (Phi) is 4.13. The van der Waals surface area contributed by atoms with E-state index >= 15 is 0 Å². The van der Waals surface area contributed by atoms with Crippen molar-refractivity contribution >= 4 is 5.91 Å². The highest BCUT2D eigenvalue weighted by molar-refractivity contribution is 5.96.